The van der Waals surface area contributed by atoms with Crippen molar-refractivity contribution in [1.82, 2.24) is 39.0 Å². The number of rotatable bonds is 6. The van der Waals surface area contributed by atoms with Gasteiger partial charge in [-0.15, -0.1) is 0 Å². The molecular formula is C20H25N8NaO13P. The molecule has 9 N–H and O–H groups in total. The fourth-order valence-corrected chi connectivity index (χ4v) is 4.82. The van der Waals surface area contributed by atoms with Crippen LogP contribution in [0.3, 0.4) is 0 Å². The Kier molecular flexibility index (Phi) is 10.3. The van der Waals surface area contributed by atoms with Crippen LogP contribution < -0.4 is 11.1 Å². The van der Waals surface area contributed by atoms with Gasteiger partial charge in [0, 0.05) is 29.6 Å². The molecule has 2 fully saturated rings. The standard InChI is InChI=1S/C10H13N4O8P.C10H12N4O5.Na/c15-6-4(1-21-23(18,19)20)22-10(7(6)16)14-3-13-5-8(14)11-2-12-9(5)17;15-1-4-6(16)7(17)10(19-4)14-3-13-5-8(14)11-2-12-9(5)18;/h2-4,6-7,10,15-16H,1H2,(H,11,12,17)(H2,18,19,20);2-4,6-7,10,15-17H,1H2,(H,11,12,18);/t2*4-,6-,7-,10-;/m11./s1. The second kappa shape index (κ2) is 13.3. The first-order chi connectivity index (χ1) is 19.9. The number of H-pyrrole nitrogens is 2. The van der Waals surface area contributed by atoms with E-state index in [2.05, 4.69) is 34.4 Å². The topological polar surface area (TPSA) is 314 Å². The molecule has 1 radical (unpaired) electrons. The molecule has 6 heterocycles. The predicted octanol–water partition coefficient (Wildman–Crippen LogP) is -4.80. The molecule has 0 spiro atoms. The van der Waals surface area contributed by atoms with Crippen molar-refractivity contribution in [2.24, 2.45) is 0 Å². The molecule has 8 atom stereocenters. The number of aromatic nitrogens is 8. The average molecular weight is 639 g/mol. The molecule has 21 nitrogen and oxygen atoms in total. The second-order valence-electron chi connectivity index (χ2n) is 9.17. The number of imidazole rings is 2. The van der Waals surface area contributed by atoms with E-state index in [4.69, 9.17) is 24.4 Å². The molecule has 4 aromatic rings. The van der Waals surface area contributed by atoms with E-state index in [1.807, 2.05) is 0 Å². The molecular weight excluding hydrogens is 614 g/mol. The summed E-state index contributed by atoms with van der Waals surface area (Å²) in [5.41, 5.74) is -0.397. The molecule has 23 heteroatoms. The van der Waals surface area contributed by atoms with Gasteiger partial charge in [-0.3, -0.25) is 23.2 Å². The number of nitrogens with zero attached hydrogens (tertiary/aromatic N) is 6. The molecule has 229 valence electrons. The third-order valence-corrected chi connectivity index (χ3v) is 7.03. The number of aliphatic hydroxyl groups excluding tert-OH is 5. The Hall–Kier alpha value is -2.47. The van der Waals surface area contributed by atoms with Crippen molar-refractivity contribution in [2.75, 3.05) is 13.2 Å². The van der Waals surface area contributed by atoms with Gasteiger partial charge in [0.25, 0.3) is 11.1 Å². The van der Waals surface area contributed by atoms with Crippen LogP contribution in [0.4, 0.5) is 0 Å². The van der Waals surface area contributed by atoms with Gasteiger partial charge in [0.15, 0.2) is 34.8 Å². The zero-order valence-electron chi connectivity index (χ0n) is 22.1. The van der Waals surface area contributed by atoms with Gasteiger partial charge in [-0.1, -0.05) is 0 Å². The van der Waals surface area contributed by atoms with Crippen LogP contribution in [0.15, 0.2) is 34.9 Å². The molecule has 2 saturated heterocycles. The molecule has 6 rings (SSSR count). The van der Waals surface area contributed by atoms with Crippen molar-refractivity contribution in [3.63, 3.8) is 0 Å². The van der Waals surface area contributed by atoms with Crippen LogP contribution in [0, 0.1) is 0 Å². The number of nitrogens with one attached hydrogen (secondary N) is 2. The third kappa shape index (κ3) is 6.65. The zero-order valence-corrected chi connectivity index (χ0v) is 24.9. The van der Waals surface area contributed by atoms with Crippen LogP contribution in [0.2, 0.25) is 0 Å². The molecule has 0 saturated carbocycles. The van der Waals surface area contributed by atoms with Gasteiger partial charge >= 0.3 is 7.82 Å². The quantitative estimate of drug-likeness (QED) is 0.0706. The molecule has 0 aromatic carbocycles. The van der Waals surface area contributed by atoms with Gasteiger partial charge < -0.3 is 54.8 Å². The monoisotopic (exact) mass is 639 g/mol. The van der Waals surface area contributed by atoms with Crippen LogP contribution in [-0.4, -0.2) is 154 Å². The summed E-state index contributed by atoms with van der Waals surface area (Å²) in [6.45, 7) is -1.05. The summed E-state index contributed by atoms with van der Waals surface area (Å²) >= 11 is 0. The van der Waals surface area contributed by atoms with E-state index < -0.39 is 81.2 Å². The summed E-state index contributed by atoms with van der Waals surface area (Å²) < 4.78 is 28.3. The van der Waals surface area contributed by atoms with E-state index in [9.17, 15) is 34.6 Å². The zero-order chi connectivity index (χ0) is 30.3. The summed E-state index contributed by atoms with van der Waals surface area (Å²) in [6.07, 6.45) is -4.64. The smallest absolute Gasteiger partial charge is 0.394 e. The first kappa shape index (κ1) is 33.4. The Balaban J connectivity index is 0.000000195. The van der Waals surface area contributed by atoms with Crippen LogP contribution in [-0.2, 0) is 18.6 Å². The van der Waals surface area contributed by atoms with Gasteiger partial charge in [-0.05, 0) is 0 Å². The third-order valence-electron chi connectivity index (χ3n) is 6.54. The van der Waals surface area contributed by atoms with Gasteiger partial charge in [0.2, 0.25) is 0 Å². The van der Waals surface area contributed by atoms with Crippen LogP contribution in [0.5, 0.6) is 0 Å². The van der Waals surface area contributed by atoms with Gasteiger partial charge in [-0.25, -0.2) is 24.5 Å². The maximum atomic E-state index is 11.6. The number of ether oxygens (including phenoxy) is 2. The van der Waals surface area contributed by atoms with Crippen molar-refractivity contribution in [2.45, 2.75) is 49.1 Å². The fraction of sp³-hybridized carbons (Fsp3) is 0.500. The van der Waals surface area contributed by atoms with Crippen LogP contribution >= 0.6 is 7.82 Å². The SMILES string of the molecule is O=c1[nH]cnc2c1ncn2[C@@H]1O[C@H](CO)[C@@H](O)[C@H]1O.O=c1[nH]cnc2c1ncn2[C@@H]1O[C@H](COP(=O)(O)O)[C@@H](O)[C@H]1O.[Na]. The molecule has 43 heavy (non-hydrogen) atoms. The fourth-order valence-electron chi connectivity index (χ4n) is 4.48. The summed E-state index contributed by atoms with van der Waals surface area (Å²) in [6, 6.07) is 0. The minimum absolute atomic E-state index is 0. The van der Waals surface area contributed by atoms with Gasteiger partial charge in [0.1, 0.15) is 36.6 Å². The Labute approximate surface area is 260 Å². The van der Waals surface area contributed by atoms with Gasteiger partial charge in [0.05, 0.1) is 38.5 Å². The number of fused-ring (bicyclic) bond motifs is 2. The second-order valence-corrected chi connectivity index (χ2v) is 10.4. The maximum Gasteiger partial charge on any atom is 0.469 e. The van der Waals surface area contributed by atoms with E-state index in [1.165, 1.54) is 28.1 Å². The van der Waals surface area contributed by atoms with E-state index in [0.29, 0.717) is 0 Å². The van der Waals surface area contributed by atoms with Crippen molar-refractivity contribution in [3.8, 4) is 0 Å². The summed E-state index contributed by atoms with van der Waals surface area (Å²) in [5, 5.41) is 48.6. The number of phosphoric acid groups is 1. The Morgan fingerprint density at radius 2 is 1.23 bits per heavy atom. The number of aliphatic hydroxyl groups is 5. The molecule has 0 bridgehead atoms. The van der Waals surface area contributed by atoms with E-state index in [-0.39, 0.29) is 51.9 Å². The minimum atomic E-state index is -4.74. The normalized spacial score (nSPS) is 29.0. The largest absolute Gasteiger partial charge is 0.469 e. The van der Waals surface area contributed by atoms with Gasteiger partial charge in [-0.2, -0.15) is 0 Å². The van der Waals surface area contributed by atoms with E-state index >= 15 is 0 Å². The molecule has 0 amide bonds. The molecule has 0 unspecified atom stereocenters. The summed E-state index contributed by atoms with van der Waals surface area (Å²) in [4.78, 5) is 60.8. The Bertz CT molecular complexity index is 1720. The molecule has 2 aliphatic heterocycles. The predicted molar refractivity (Wildman–Crippen MR) is 139 cm³/mol. The summed E-state index contributed by atoms with van der Waals surface area (Å²) in [7, 11) is -4.74. The Morgan fingerprint density at radius 3 is 1.65 bits per heavy atom. The number of hydrogen-bond donors (Lipinski definition) is 9. The van der Waals surface area contributed by atoms with Crippen molar-refractivity contribution >= 4 is 59.7 Å². The number of hydrogen-bond acceptors (Lipinski definition) is 15. The first-order valence-electron chi connectivity index (χ1n) is 12.1. The molecule has 0 aliphatic carbocycles. The summed E-state index contributed by atoms with van der Waals surface area (Å²) in [5.74, 6) is 0. The van der Waals surface area contributed by atoms with Crippen molar-refractivity contribution in [1.29, 1.82) is 0 Å². The first-order valence-corrected chi connectivity index (χ1v) is 13.6. The van der Waals surface area contributed by atoms with E-state index in [0.717, 1.165) is 6.33 Å². The van der Waals surface area contributed by atoms with Crippen molar-refractivity contribution in [3.05, 3.63) is 46.0 Å². The van der Waals surface area contributed by atoms with Crippen LogP contribution in [0.1, 0.15) is 12.5 Å². The molecule has 2 aliphatic rings. The van der Waals surface area contributed by atoms with Crippen molar-refractivity contribution < 1.29 is 53.9 Å². The van der Waals surface area contributed by atoms with E-state index in [1.54, 1.807) is 0 Å². The Morgan fingerprint density at radius 1 is 0.791 bits per heavy atom. The number of aromatic amines is 2. The number of phosphoric ester groups is 1. The maximum absolute atomic E-state index is 11.6. The molecule has 4 aromatic heterocycles. The average Bonchev–Trinajstić information content (AvgIpc) is 3.70. The van der Waals surface area contributed by atoms with Crippen LogP contribution in [0.25, 0.3) is 22.3 Å². The minimum Gasteiger partial charge on any atom is -0.394 e.